The molecular formula is C13H21N3O4. The van der Waals surface area contributed by atoms with Gasteiger partial charge in [0.25, 0.3) is 0 Å². The number of aliphatic carboxylic acids is 1. The summed E-state index contributed by atoms with van der Waals surface area (Å²) in [5, 5.41) is 12.5. The van der Waals surface area contributed by atoms with Crippen molar-refractivity contribution in [1.29, 1.82) is 0 Å². The van der Waals surface area contributed by atoms with Crippen LogP contribution in [0.25, 0.3) is 0 Å². The van der Waals surface area contributed by atoms with E-state index in [1.54, 1.807) is 6.92 Å². The number of hydrogen-bond acceptors (Lipinski definition) is 5. The highest BCUT2D eigenvalue weighted by atomic mass is 16.5. The number of rotatable bonds is 8. The molecule has 0 spiro atoms. The lowest BCUT2D eigenvalue weighted by Gasteiger charge is -2.26. The first-order chi connectivity index (χ1) is 9.43. The summed E-state index contributed by atoms with van der Waals surface area (Å²) >= 11 is 0. The van der Waals surface area contributed by atoms with Crippen LogP contribution in [0.1, 0.15) is 44.8 Å². The van der Waals surface area contributed by atoms with Crippen LogP contribution >= 0.6 is 0 Å². The maximum Gasteiger partial charge on any atom is 0.323 e. The molecule has 0 aliphatic rings. The van der Waals surface area contributed by atoms with Crippen LogP contribution in [0.4, 0.5) is 0 Å². The number of aryl methyl sites for hydroxylation is 2. The Morgan fingerprint density at radius 2 is 2.15 bits per heavy atom. The Kier molecular flexibility index (Phi) is 6.14. The van der Waals surface area contributed by atoms with Crippen molar-refractivity contribution in [1.82, 2.24) is 15.0 Å². The van der Waals surface area contributed by atoms with E-state index in [9.17, 15) is 9.59 Å². The van der Waals surface area contributed by atoms with Gasteiger partial charge in [-0.2, -0.15) is 4.98 Å². The van der Waals surface area contributed by atoms with Crippen LogP contribution in [0.15, 0.2) is 4.52 Å². The smallest absolute Gasteiger partial charge is 0.323 e. The third-order valence-electron chi connectivity index (χ3n) is 3.10. The van der Waals surface area contributed by atoms with E-state index in [0.717, 1.165) is 6.42 Å². The number of hydrogen-bond donors (Lipinski definition) is 1. The Balaban J connectivity index is 2.47. The fourth-order valence-corrected chi connectivity index (χ4v) is 1.83. The lowest BCUT2D eigenvalue weighted by atomic mass is 10.1. The predicted octanol–water partition coefficient (Wildman–Crippen LogP) is 1.41. The molecule has 0 fully saturated rings. The largest absolute Gasteiger partial charge is 0.480 e. The maximum absolute atomic E-state index is 12.1. The number of amides is 1. The molecule has 1 N–H and O–H groups in total. The van der Waals surface area contributed by atoms with Gasteiger partial charge in [0, 0.05) is 18.9 Å². The standard InChI is InChI=1S/C13H21N3O4/c1-4-9(2)16(8-13(18)19)12(17)7-5-6-11-14-10(3)15-20-11/h9H,4-8H2,1-3H3,(H,18,19). The first-order valence-corrected chi connectivity index (χ1v) is 6.74. The molecule has 7 nitrogen and oxygen atoms in total. The van der Waals surface area contributed by atoms with Gasteiger partial charge in [0.15, 0.2) is 5.82 Å². The fourth-order valence-electron chi connectivity index (χ4n) is 1.83. The van der Waals surface area contributed by atoms with Crippen molar-refractivity contribution < 1.29 is 19.2 Å². The van der Waals surface area contributed by atoms with Crippen LogP contribution in [-0.2, 0) is 16.0 Å². The van der Waals surface area contributed by atoms with Gasteiger partial charge >= 0.3 is 5.97 Å². The van der Waals surface area contributed by atoms with Gasteiger partial charge < -0.3 is 14.5 Å². The first-order valence-electron chi connectivity index (χ1n) is 6.74. The second-order valence-corrected chi connectivity index (χ2v) is 4.76. The highest BCUT2D eigenvalue weighted by molar-refractivity contribution is 5.81. The van der Waals surface area contributed by atoms with E-state index in [-0.39, 0.29) is 24.9 Å². The molecule has 20 heavy (non-hydrogen) atoms. The van der Waals surface area contributed by atoms with E-state index in [1.165, 1.54) is 4.90 Å². The number of aromatic nitrogens is 2. The maximum atomic E-state index is 12.1. The second-order valence-electron chi connectivity index (χ2n) is 4.76. The number of carboxylic acid groups (broad SMARTS) is 1. The molecule has 0 aliphatic carbocycles. The normalized spacial score (nSPS) is 12.2. The second kappa shape index (κ2) is 7.62. The Hall–Kier alpha value is -1.92. The third-order valence-corrected chi connectivity index (χ3v) is 3.10. The molecule has 1 atom stereocenters. The molecule has 1 unspecified atom stereocenters. The molecule has 1 aromatic rings. The van der Waals surface area contributed by atoms with Crippen LogP contribution in [0.2, 0.25) is 0 Å². The zero-order chi connectivity index (χ0) is 15.1. The summed E-state index contributed by atoms with van der Waals surface area (Å²) in [6, 6.07) is -0.0794. The lowest BCUT2D eigenvalue weighted by molar-refractivity contribution is -0.146. The summed E-state index contributed by atoms with van der Waals surface area (Å²) in [5.74, 6) is -0.0776. The van der Waals surface area contributed by atoms with E-state index < -0.39 is 5.97 Å². The molecule has 0 radical (unpaired) electrons. The number of carbonyl (C=O) groups is 2. The molecule has 112 valence electrons. The van der Waals surface area contributed by atoms with Gasteiger partial charge in [-0.3, -0.25) is 9.59 Å². The van der Waals surface area contributed by atoms with Crippen molar-refractivity contribution in [3.63, 3.8) is 0 Å². The minimum Gasteiger partial charge on any atom is -0.480 e. The summed E-state index contributed by atoms with van der Waals surface area (Å²) < 4.78 is 4.96. The van der Waals surface area contributed by atoms with Gasteiger partial charge in [-0.1, -0.05) is 12.1 Å². The summed E-state index contributed by atoms with van der Waals surface area (Å²) in [6.45, 7) is 5.25. The Labute approximate surface area is 118 Å². The number of carbonyl (C=O) groups excluding carboxylic acids is 1. The average molecular weight is 283 g/mol. The Morgan fingerprint density at radius 1 is 1.45 bits per heavy atom. The summed E-state index contributed by atoms with van der Waals surface area (Å²) in [6.07, 6.45) is 2.09. The molecule has 7 heteroatoms. The Morgan fingerprint density at radius 3 is 2.65 bits per heavy atom. The molecule has 1 rings (SSSR count). The molecule has 0 bridgehead atoms. The van der Waals surface area contributed by atoms with Gasteiger partial charge in [0.1, 0.15) is 6.54 Å². The van der Waals surface area contributed by atoms with E-state index in [1.807, 2.05) is 13.8 Å². The lowest BCUT2D eigenvalue weighted by Crippen LogP contribution is -2.41. The predicted molar refractivity (Wildman–Crippen MR) is 71.1 cm³/mol. The number of carboxylic acids is 1. The van der Waals surface area contributed by atoms with Crippen molar-refractivity contribution in [3.8, 4) is 0 Å². The van der Waals surface area contributed by atoms with Crippen molar-refractivity contribution >= 4 is 11.9 Å². The molecular weight excluding hydrogens is 262 g/mol. The highest BCUT2D eigenvalue weighted by Crippen LogP contribution is 2.09. The van der Waals surface area contributed by atoms with Crippen LogP contribution in [-0.4, -0.2) is 44.6 Å². The minimum absolute atomic E-state index is 0.0794. The van der Waals surface area contributed by atoms with Crippen molar-refractivity contribution in [2.75, 3.05) is 6.54 Å². The van der Waals surface area contributed by atoms with E-state index >= 15 is 0 Å². The highest BCUT2D eigenvalue weighted by Gasteiger charge is 2.21. The summed E-state index contributed by atoms with van der Waals surface area (Å²) in [7, 11) is 0. The van der Waals surface area contributed by atoms with Crippen LogP contribution in [0, 0.1) is 6.92 Å². The average Bonchev–Trinajstić information content (AvgIpc) is 2.80. The fraction of sp³-hybridized carbons (Fsp3) is 0.692. The van der Waals surface area contributed by atoms with Crippen LogP contribution in [0.3, 0.4) is 0 Å². The Bertz CT molecular complexity index is 458. The van der Waals surface area contributed by atoms with E-state index in [0.29, 0.717) is 24.6 Å². The first kappa shape index (κ1) is 16.1. The number of nitrogens with zero attached hydrogens (tertiary/aromatic N) is 3. The zero-order valence-corrected chi connectivity index (χ0v) is 12.1. The molecule has 0 aromatic carbocycles. The summed E-state index contributed by atoms with van der Waals surface area (Å²) in [4.78, 5) is 28.3. The molecule has 1 aromatic heterocycles. The quantitative estimate of drug-likeness (QED) is 0.775. The van der Waals surface area contributed by atoms with Crippen molar-refractivity contribution in [2.45, 2.75) is 52.5 Å². The molecule has 0 saturated heterocycles. The minimum atomic E-state index is -0.994. The SMILES string of the molecule is CCC(C)N(CC(=O)O)C(=O)CCCc1nc(C)no1. The van der Waals surface area contributed by atoms with Gasteiger partial charge in [-0.15, -0.1) is 0 Å². The third kappa shape index (κ3) is 4.99. The van der Waals surface area contributed by atoms with Crippen LogP contribution in [0.5, 0.6) is 0 Å². The van der Waals surface area contributed by atoms with Gasteiger partial charge in [-0.05, 0) is 26.7 Å². The molecule has 0 aliphatic heterocycles. The van der Waals surface area contributed by atoms with E-state index in [2.05, 4.69) is 10.1 Å². The van der Waals surface area contributed by atoms with Crippen LogP contribution < -0.4 is 0 Å². The van der Waals surface area contributed by atoms with Crippen molar-refractivity contribution in [3.05, 3.63) is 11.7 Å². The van der Waals surface area contributed by atoms with Gasteiger partial charge in [0.05, 0.1) is 0 Å². The summed E-state index contributed by atoms with van der Waals surface area (Å²) in [5.41, 5.74) is 0. The topological polar surface area (TPSA) is 96.5 Å². The monoisotopic (exact) mass is 283 g/mol. The molecule has 0 saturated carbocycles. The van der Waals surface area contributed by atoms with E-state index in [4.69, 9.17) is 9.63 Å². The van der Waals surface area contributed by atoms with Gasteiger partial charge in [-0.25, -0.2) is 0 Å². The molecule has 1 amide bonds. The van der Waals surface area contributed by atoms with Crippen molar-refractivity contribution in [2.24, 2.45) is 0 Å². The van der Waals surface area contributed by atoms with Gasteiger partial charge in [0.2, 0.25) is 11.8 Å². The molecule has 1 heterocycles. The zero-order valence-electron chi connectivity index (χ0n) is 12.1.